The van der Waals surface area contributed by atoms with E-state index in [9.17, 15) is 9.59 Å². The Kier molecular flexibility index (Phi) is 7.41. The van der Waals surface area contributed by atoms with Crippen molar-refractivity contribution in [3.05, 3.63) is 84.9 Å². The minimum Gasteiger partial charge on any atom is -0.325 e. The number of hydrogen-bond acceptors (Lipinski definition) is 2. The summed E-state index contributed by atoms with van der Waals surface area (Å²) in [6.45, 7) is 0. The van der Waals surface area contributed by atoms with Crippen molar-refractivity contribution >= 4 is 44.7 Å². The minimum absolute atomic E-state index is 0.0162. The summed E-state index contributed by atoms with van der Waals surface area (Å²) >= 11 is 0. The highest BCUT2D eigenvalue weighted by atomic mass is 16.2. The average molecular weight is 477 g/mol. The lowest BCUT2D eigenvalue weighted by atomic mass is 9.90. The van der Waals surface area contributed by atoms with E-state index in [0.717, 1.165) is 82.6 Å². The zero-order valence-electron chi connectivity index (χ0n) is 20.6. The molecule has 0 saturated heterocycles. The summed E-state index contributed by atoms with van der Waals surface area (Å²) in [5.41, 5.74) is 3.42. The van der Waals surface area contributed by atoms with Gasteiger partial charge in [0.15, 0.2) is 0 Å². The maximum atomic E-state index is 13.0. The highest BCUT2D eigenvalue weighted by molar-refractivity contribution is 6.16. The lowest BCUT2D eigenvalue weighted by Gasteiger charge is -2.20. The zero-order chi connectivity index (χ0) is 24.7. The number of amides is 2. The summed E-state index contributed by atoms with van der Waals surface area (Å²) in [5.74, 6) is 0.0323. The first kappa shape index (κ1) is 23.8. The SMILES string of the molecule is O=C1CCCC/C=C/CCCCC(=O)Nc2ccc3ccccc3c2-c2c(ccc3ccccc23)N1. The van der Waals surface area contributed by atoms with Crippen molar-refractivity contribution in [2.45, 2.75) is 51.4 Å². The normalized spacial score (nSPS) is 16.8. The maximum absolute atomic E-state index is 13.0. The van der Waals surface area contributed by atoms with Crippen molar-refractivity contribution in [3.8, 4) is 11.1 Å². The molecular formula is C32H32N2O2. The van der Waals surface area contributed by atoms with E-state index in [0.29, 0.717) is 12.8 Å². The summed E-state index contributed by atoms with van der Waals surface area (Å²) in [7, 11) is 0. The Morgan fingerprint density at radius 3 is 1.42 bits per heavy atom. The number of carbonyl (C=O) groups is 2. The standard InChI is InChI=1S/C32H32N2O2/c35-29-17-7-5-3-1-2-4-6-8-18-30(36)34-28-22-20-24-14-10-12-16-26(24)32(28)31-25-15-11-9-13-23(25)19-21-27(31)33-29/h1-2,9-16,19-22H,3-8,17-18H2,(H,33,35)(H,34,36)/b2-1+. The van der Waals surface area contributed by atoms with Crippen LogP contribution >= 0.6 is 0 Å². The quantitative estimate of drug-likeness (QED) is 0.251. The van der Waals surface area contributed by atoms with E-state index >= 15 is 0 Å². The van der Waals surface area contributed by atoms with Gasteiger partial charge in [-0.3, -0.25) is 9.59 Å². The van der Waals surface area contributed by atoms with Crippen LogP contribution in [0.2, 0.25) is 0 Å². The van der Waals surface area contributed by atoms with Gasteiger partial charge in [0.1, 0.15) is 0 Å². The molecule has 0 aliphatic carbocycles. The van der Waals surface area contributed by atoms with E-state index in [4.69, 9.17) is 0 Å². The Balaban J connectivity index is 1.69. The average Bonchev–Trinajstić information content (AvgIpc) is 2.89. The van der Waals surface area contributed by atoms with Crippen LogP contribution in [0.4, 0.5) is 11.4 Å². The molecule has 0 fully saturated rings. The van der Waals surface area contributed by atoms with Gasteiger partial charge in [-0.2, -0.15) is 0 Å². The topological polar surface area (TPSA) is 58.2 Å². The van der Waals surface area contributed by atoms with Crippen LogP contribution in [0.1, 0.15) is 51.4 Å². The second-order valence-electron chi connectivity index (χ2n) is 9.48. The van der Waals surface area contributed by atoms with Gasteiger partial charge in [-0.25, -0.2) is 0 Å². The van der Waals surface area contributed by atoms with Crippen molar-refractivity contribution in [1.82, 2.24) is 0 Å². The molecule has 1 aliphatic heterocycles. The molecule has 0 atom stereocenters. The Morgan fingerprint density at radius 1 is 0.500 bits per heavy atom. The van der Waals surface area contributed by atoms with Gasteiger partial charge >= 0.3 is 0 Å². The van der Waals surface area contributed by atoms with Crippen LogP contribution < -0.4 is 10.6 Å². The largest absolute Gasteiger partial charge is 0.325 e. The first-order chi connectivity index (χ1) is 17.7. The second kappa shape index (κ2) is 11.2. The summed E-state index contributed by atoms with van der Waals surface area (Å²) in [6, 6.07) is 24.5. The molecule has 4 nitrogen and oxygen atoms in total. The molecule has 5 rings (SSSR count). The maximum Gasteiger partial charge on any atom is 0.224 e. The van der Waals surface area contributed by atoms with Crippen molar-refractivity contribution < 1.29 is 9.59 Å². The van der Waals surface area contributed by atoms with E-state index in [1.807, 2.05) is 36.4 Å². The smallest absolute Gasteiger partial charge is 0.224 e. The third-order valence-corrected chi connectivity index (χ3v) is 6.87. The van der Waals surface area contributed by atoms with Crippen LogP contribution in [-0.4, -0.2) is 11.8 Å². The Hall–Kier alpha value is -3.92. The third-order valence-electron chi connectivity index (χ3n) is 6.87. The Bertz CT molecular complexity index is 1330. The monoisotopic (exact) mass is 476 g/mol. The highest BCUT2D eigenvalue weighted by Gasteiger charge is 2.19. The van der Waals surface area contributed by atoms with Gasteiger partial charge in [0.25, 0.3) is 0 Å². The van der Waals surface area contributed by atoms with E-state index in [-0.39, 0.29) is 11.8 Å². The fraction of sp³-hybridized carbons (Fsp3) is 0.250. The molecule has 0 spiro atoms. The van der Waals surface area contributed by atoms with Crippen LogP contribution in [0.25, 0.3) is 32.7 Å². The number of carbonyl (C=O) groups excluding carboxylic acids is 2. The molecule has 1 aliphatic rings. The van der Waals surface area contributed by atoms with Crippen molar-refractivity contribution in [2.24, 2.45) is 0 Å². The molecule has 36 heavy (non-hydrogen) atoms. The van der Waals surface area contributed by atoms with Crippen LogP contribution in [0.15, 0.2) is 84.9 Å². The van der Waals surface area contributed by atoms with Crippen LogP contribution in [0, 0.1) is 0 Å². The van der Waals surface area contributed by atoms with E-state index in [1.165, 1.54) is 0 Å². The Labute approximate surface area is 212 Å². The van der Waals surface area contributed by atoms with E-state index in [1.54, 1.807) is 0 Å². The number of rotatable bonds is 0. The minimum atomic E-state index is 0.0162. The van der Waals surface area contributed by atoms with E-state index < -0.39 is 0 Å². The van der Waals surface area contributed by atoms with Gasteiger partial charge in [0.05, 0.1) is 0 Å². The van der Waals surface area contributed by atoms with E-state index in [2.05, 4.69) is 59.2 Å². The summed E-state index contributed by atoms with van der Waals surface area (Å²) in [4.78, 5) is 26.0. The van der Waals surface area contributed by atoms with Gasteiger partial charge in [0.2, 0.25) is 11.8 Å². The molecule has 2 amide bonds. The predicted molar refractivity (Wildman–Crippen MR) is 150 cm³/mol. The summed E-state index contributed by atoms with van der Waals surface area (Å²) < 4.78 is 0. The molecule has 0 bridgehead atoms. The predicted octanol–water partition coefficient (Wildman–Crippen LogP) is 8.23. The number of nitrogens with one attached hydrogen (secondary N) is 2. The number of hydrogen-bond donors (Lipinski definition) is 2. The molecule has 0 radical (unpaired) electrons. The number of fused-ring (bicyclic) bond motifs is 7. The fourth-order valence-electron chi connectivity index (χ4n) is 5.05. The third kappa shape index (κ3) is 5.33. The molecule has 4 aromatic carbocycles. The van der Waals surface area contributed by atoms with Crippen LogP contribution in [0.5, 0.6) is 0 Å². The van der Waals surface area contributed by atoms with Crippen molar-refractivity contribution in [1.29, 1.82) is 0 Å². The van der Waals surface area contributed by atoms with Crippen LogP contribution in [0.3, 0.4) is 0 Å². The molecule has 0 aromatic heterocycles. The second-order valence-corrected chi connectivity index (χ2v) is 9.48. The van der Waals surface area contributed by atoms with Gasteiger partial charge in [0, 0.05) is 35.3 Å². The van der Waals surface area contributed by atoms with Gasteiger partial charge < -0.3 is 10.6 Å². The van der Waals surface area contributed by atoms with Gasteiger partial charge in [-0.1, -0.05) is 72.8 Å². The molecule has 4 aromatic rings. The molecule has 0 unspecified atom stereocenters. The number of allylic oxidation sites excluding steroid dienone is 2. The lowest BCUT2D eigenvalue weighted by Crippen LogP contribution is -2.14. The lowest BCUT2D eigenvalue weighted by molar-refractivity contribution is -0.117. The molecular weight excluding hydrogens is 444 g/mol. The Morgan fingerprint density at radius 2 is 0.944 bits per heavy atom. The van der Waals surface area contributed by atoms with Crippen molar-refractivity contribution in [2.75, 3.05) is 10.6 Å². The fourth-order valence-corrected chi connectivity index (χ4v) is 5.05. The van der Waals surface area contributed by atoms with Crippen LogP contribution in [-0.2, 0) is 9.59 Å². The first-order valence-corrected chi connectivity index (χ1v) is 13.0. The number of benzene rings is 4. The van der Waals surface area contributed by atoms with Gasteiger partial charge in [-0.05, 0) is 72.2 Å². The number of anilines is 2. The van der Waals surface area contributed by atoms with Gasteiger partial charge in [-0.15, -0.1) is 0 Å². The molecule has 0 saturated carbocycles. The zero-order valence-corrected chi connectivity index (χ0v) is 20.6. The summed E-state index contributed by atoms with van der Waals surface area (Å²) in [6.07, 6.45) is 11.0. The first-order valence-electron chi connectivity index (χ1n) is 13.0. The molecule has 182 valence electrons. The highest BCUT2D eigenvalue weighted by Crippen LogP contribution is 2.43. The molecule has 1 heterocycles. The molecule has 2 N–H and O–H groups in total. The molecule has 4 heteroatoms. The summed E-state index contributed by atoms with van der Waals surface area (Å²) in [5, 5.41) is 10.7. The van der Waals surface area contributed by atoms with Crippen molar-refractivity contribution in [3.63, 3.8) is 0 Å².